The molecule has 0 spiro atoms. The molecule has 22 heavy (non-hydrogen) atoms. The molecule has 1 aromatic carbocycles. The van der Waals surface area contributed by atoms with Gasteiger partial charge in [-0.15, -0.1) is 0 Å². The molecule has 0 aliphatic carbocycles. The summed E-state index contributed by atoms with van der Waals surface area (Å²) >= 11 is 0. The number of aryl methyl sites for hydroxylation is 1. The van der Waals surface area contributed by atoms with Crippen LogP contribution in [0.2, 0.25) is 0 Å². The quantitative estimate of drug-likeness (QED) is 0.885. The predicted molar refractivity (Wildman–Crippen MR) is 83.3 cm³/mol. The molecular formula is C15H22N2O4S. The lowest BCUT2D eigenvalue weighted by Crippen LogP contribution is -2.38. The molecule has 6 nitrogen and oxygen atoms in total. The molecule has 1 atom stereocenters. The Labute approximate surface area is 131 Å². The minimum absolute atomic E-state index is 0.0198. The van der Waals surface area contributed by atoms with Crippen LogP contribution in [-0.4, -0.2) is 45.0 Å². The molecule has 1 saturated heterocycles. The zero-order valence-electron chi connectivity index (χ0n) is 13.3. The lowest BCUT2D eigenvalue weighted by molar-refractivity contribution is -0.129. The van der Waals surface area contributed by atoms with Crippen LogP contribution in [-0.2, 0) is 14.8 Å². The van der Waals surface area contributed by atoms with Crippen molar-refractivity contribution in [2.45, 2.75) is 44.2 Å². The molecule has 2 rings (SSSR count). The van der Waals surface area contributed by atoms with Crippen molar-refractivity contribution in [3.05, 3.63) is 23.8 Å². The normalized spacial score (nSPS) is 19.0. The first-order chi connectivity index (χ1) is 10.2. The van der Waals surface area contributed by atoms with Gasteiger partial charge >= 0.3 is 0 Å². The summed E-state index contributed by atoms with van der Waals surface area (Å²) < 4.78 is 32.6. The summed E-state index contributed by atoms with van der Waals surface area (Å²) in [6.45, 7) is 6.03. The second kappa shape index (κ2) is 6.26. The van der Waals surface area contributed by atoms with Gasteiger partial charge in [-0.05, 0) is 44.5 Å². The van der Waals surface area contributed by atoms with Gasteiger partial charge in [0.15, 0.2) is 0 Å². The van der Waals surface area contributed by atoms with Gasteiger partial charge in [0.2, 0.25) is 15.9 Å². The minimum atomic E-state index is -3.65. The highest BCUT2D eigenvalue weighted by molar-refractivity contribution is 7.89. The van der Waals surface area contributed by atoms with Crippen LogP contribution < -0.4 is 9.46 Å². The van der Waals surface area contributed by atoms with Crippen LogP contribution >= 0.6 is 0 Å². The number of benzene rings is 1. The first-order valence-electron chi connectivity index (χ1n) is 7.21. The van der Waals surface area contributed by atoms with E-state index in [1.165, 1.54) is 6.07 Å². The van der Waals surface area contributed by atoms with Gasteiger partial charge in [-0.1, -0.05) is 0 Å². The third-order valence-corrected chi connectivity index (χ3v) is 5.30. The van der Waals surface area contributed by atoms with Crippen molar-refractivity contribution in [3.8, 4) is 5.75 Å². The first-order valence-corrected chi connectivity index (χ1v) is 8.69. The van der Waals surface area contributed by atoms with E-state index in [9.17, 15) is 13.2 Å². The molecule has 1 aliphatic heterocycles. The highest BCUT2D eigenvalue weighted by atomic mass is 32.2. The van der Waals surface area contributed by atoms with Crippen LogP contribution in [0.5, 0.6) is 5.75 Å². The molecule has 0 saturated carbocycles. The van der Waals surface area contributed by atoms with E-state index >= 15 is 0 Å². The van der Waals surface area contributed by atoms with Crippen LogP contribution in [0.4, 0.5) is 0 Å². The Bertz CT molecular complexity index is 670. The predicted octanol–water partition coefficient (Wildman–Crippen LogP) is 1.29. The zero-order valence-corrected chi connectivity index (χ0v) is 14.1. The van der Waals surface area contributed by atoms with Gasteiger partial charge in [-0.3, -0.25) is 4.79 Å². The molecule has 1 unspecified atom stereocenters. The maximum atomic E-state index is 12.4. The molecular weight excluding hydrogens is 304 g/mol. The number of carbonyl (C=O) groups excluding carboxylic acids is 1. The Morgan fingerprint density at radius 1 is 1.36 bits per heavy atom. The van der Waals surface area contributed by atoms with Gasteiger partial charge < -0.3 is 9.64 Å². The second-order valence-corrected chi connectivity index (χ2v) is 7.51. The van der Waals surface area contributed by atoms with Crippen LogP contribution in [0.1, 0.15) is 25.8 Å². The number of carbonyl (C=O) groups is 1. The second-order valence-electron chi connectivity index (χ2n) is 5.79. The molecule has 0 bridgehead atoms. The number of hydrogen-bond acceptors (Lipinski definition) is 4. The molecule has 122 valence electrons. The van der Waals surface area contributed by atoms with E-state index in [-0.39, 0.29) is 29.3 Å². The third kappa shape index (κ3) is 3.41. The van der Waals surface area contributed by atoms with Gasteiger partial charge in [0.05, 0.1) is 12.0 Å². The average Bonchev–Trinajstić information content (AvgIpc) is 2.78. The van der Waals surface area contributed by atoms with Crippen LogP contribution in [0.15, 0.2) is 23.1 Å². The van der Waals surface area contributed by atoms with Crippen LogP contribution in [0.3, 0.4) is 0 Å². The molecule has 7 heteroatoms. The smallest absolute Gasteiger partial charge is 0.240 e. The van der Waals surface area contributed by atoms with Crippen molar-refractivity contribution in [1.29, 1.82) is 0 Å². The van der Waals surface area contributed by atoms with Crippen LogP contribution in [0, 0.1) is 6.92 Å². The van der Waals surface area contributed by atoms with Crippen LogP contribution in [0.25, 0.3) is 0 Å². The molecule has 1 fully saturated rings. The van der Waals surface area contributed by atoms with Crippen molar-refractivity contribution in [2.24, 2.45) is 0 Å². The number of ether oxygens (including phenoxy) is 1. The van der Waals surface area contributed by atoms with E-state index in [1.807, 2.05) is 13.8 Å². The fraction of sp³-hybridized carbons (Fsp3) is 0.533. The largest absolute Gasteiger partial charge is 0.496 e. The van der Waals surface area contributed by atoms with Crippen molar-refractivity contribution >= 4 is 15.9 Å². The molecule has 1 aliphatic rings. The van der Waals surface area contributed by atoms with Crippen molar-refractivity contribution in [1.82, 2.24) is 9.62 Å². The van der Waals surface area contributed by atoms with Gasteiger partial charge in [-0.25, -0.2) is 13.1 Å². The number of hydrogen-bond donors (Lipinski definition) is 1. The summed E-state index contributed by atoms with van der Waals surface area (Å²) in [7, 11) is -2.11. The van der Waals surface area contributed by atoms with Gasteiger partial charge in [-0.2, -0.15) is 0 Å². The number of sulfonamides is 1. The van der Waals surface area contributed by atoms with Gasteiger partial charge in [0.1, 0.15) is 5.75 Å². The number of likely N-dealkylation sites (tertiary alicyclic amines) is 1. The number of nitrogens with one attached hydrogen (secondary N) is 1. The number of nitrogens with zero attached hydrogens (tertiary/aromatic N) is 1. The third-order valence-electron chi connectivity index (χ3n) is 3.78. The highest BCUT2D eigenvalue weighted by Crippen LogP contribution is 2.22. The summed E-state index contributed by atoms with van der Waals surface area (Å²) in [5.74, 6) is 0.620. The molecule has 1 aromatic rings. The Balaban J connectivity index is 2.15. The van der Waals surface area contributed by atoms with E-state index in [2.05, 4.69) is 4.72 Å². The summed E-state index contributed by atoms with van der Waals surface area (Å²) in [5.41, 5.74) is 0.747. The number of methoxy groups -OCH3 is 1. The van der Waals surface area contributed by atoms with Crippen molar-refractivity contribution in [3.63, 3.8) is 0 Å². The zero-order chi connectivity index (χ0) is 16.5. The summed E-state index contributed by atoms with van der Waals surface area (Å²) in [4.78, 5) is 13.7. The molecule has 1 N–H and O–H groups in total. The highest BCUT2D eigenvalue weighted by Gasteiger charge is 2.33. The Kier molecular flexibility index (Phi) is 4.77. The minimum Gasteiger partial charge on any atom is -0.496 e. The lowest BCUT2D eigenvalue weighted by atomic mass is 10.2. The van der Waals surface area contributed by atoms with E-state index in [0.717, 1.165) is 5.56 Å². The van der Waals surface area contributed by atoms with Crippen molar-refractivity contribution in [2.75, 3.05) is 13.7 Å². The Morgan fingerprint density at radius 3 is 2.55 bits per heavy atom. The molecule has 0 radical (unpaired) electrons. The molecule has 1 heterocycles. The Morgan fingerprint density at radius 2 is 2.05 bits per heavy atom. The molecule has 0 aromatic heterocycles. The standard InChI is InChI=1S/C15H22N2O4S/c1-10(2)17-9-12(8-15(17)18)16-22(19,20)13-5-6-14(21-4)11(3)7-13/h5-7,10,12,16H,8-9H2,1-4H3. The summed E-state index contributed by atoms with van der Waals surface area (Å²) in [6.07, 6.45) is 0.201. The van der Waals surface area contributed by atoms with Gasteiger partial charge in [0.25, 0.3) is 0 Å². The fourth-order valence-electron chi connectivity index (χ4n) is 2.62. The molecule has 1 amide bonds. The van der Waals surface area contributed by atoms with E-state index < -0.39 is 10.0 Å². The maximum absolute atomic E-state index is 12.4. The number of rotatable bonds is 5. The summed E-state index contributed by atoms with van der Waals surface area (Å²) in [5, 5.41) is 0. The SMILES string of the molecule is COc1ccc(S(=O)(=O)NC2CC(=O)N(C(C)C)C2)cc1C. The van der Waals surface area contributed by atoms with E-state index in [0.29, 0.717) is 12.3 Å². The fourth-order valence-corrected chi connectivity index (χ4v) is 3.93. The first kappa shape index (κ1) is 16.8. The lowest BCUT2D eigenvalue weighted by Gasteiger charge is -2.21. The average molecular weight is 326 g/mol. The van der Waals surface area contributed by atoms with E-state index in [1.54, 1.807) is 31.1 Å². The monoisotopic (exact) mass is 326 g/mol. The summed E-state index contributed by atoms with van der Waals surface area (Å²) in [6, 6.07) is 4.39. The number of amides is 1. The van der Waals surface area contributed by atoms with Gasteiger partial charge in [0, 0.05) is 25.0 Å². The van der Waals surface area contributed by atoms with E-state index in [4.69, 9.17) is 4.74 Å². The topological polar surface area (TPSA) is 75.7 Å². The maximum Gasteiger partial charge on any atom is 0.240 e. The van der Waals surface area contributed by atoms with Crippen molar-refractivity contribution < 1.29 is 17.9 Å². The Hall–Kier alpha value is -1.60.